The van der Waals surface area contributed by atoms with Crippen molar-refractivity contribution in [1.82, 2.24) is 0 Å². The van der Waals surface area contributed by atoms with Gasteiger partial charge in [0.05, 0.1) is 10.4 Å². The molecule has 0 radical (unpaired) electrons. The first-order valence-corrected chi connectivity index (χ1v) is 5.63. The molecule has 1 nitrogen and oxygen atoms in total. The SMILES string of the molecule is Nc1c(S)cc(CCl)c2ccsc12. The molecule has 0 bridgehead atoms. The molecule has 0 spiro atoms. The van der Waals surface area contributed by atoms with Gasteiger partial charge in [0.25, 0.3) is 0 Å². The molecule has 0 aliphatic heterocycles. The number of fused-ring (bicyclic) bond motifs is 1. The van der Waals surface area contributed by atoms with E-state index in [1.54, 1.807) is 11.3 Å². The summed E-state index contributed by atoms with van der Waals surface area (Å²) in [6.45, 7) is 0. The van der Waals surface area contributed by atoms with E-state index in [2.05, 4.69) is 12.6 Å². The van der Waals surface area contributed by atoms with Crippen LogP contribution in [0.4, 0.5) is 5.69 Å². The van der Waals surface area contributed by atoms with Gasteiger partial charge in [-0.2, -0.15) is 0 Å². The van der Waals surface area contributed by atoms with Gasteiger partial charge in [-0.1, -0.05) is 0 Å². The van der Waals surface area contributed by atoms with Gasteiger partial charge >= 0.3 is 0 Å². The van der Waals surface area contributed by atoms with Gasteiger partial charge in [0.1, 0.15) is 0 Å². The van der Waals surface area contributed by atoms with Crippen molar-refractivity contribution in [3.63, 3.8) is 0 Å². The molecule has 2 rings (SSSR count). The van der Waals surface area contributed by atoms with Gasteiger partial charge in [-0.15, -0.1) is 35.6 Å². The summed E-state index contributed by atoms with van der Waals surface area (Å²) in [4.78, 5) is 0.811. The molecule has 1 aromatic carbocycles. The number of nitrogen functional groups attached to an aromatic ring is 1. The van der Waals surface area contributed by atoms with E-state index >= 15 is 0 Å². The number of rotatable bonds is 1. The van der Waals surface area contributed by atoms with E-state index in [1.165, 1.54) is 0 Å². The standard InChI is InChI=1S/C9H8ClNS2/c10-4-5-3-7(12)8(11)9-6(5)1-2-13-9/h1-3,12H,4,11H2. The second-order valence-electron chi connectivity index (χ2n) is 2.77. The van der Waals surface area contributed by atoms with Crippen molar-refractivity contribution >= 4 is 51.3 Å². The maximum absolute atomic E-state index is 5.88. The smallest absolute Gasteiger partial charge is 0.0631 e. The zero-order valence-corrected chi connectivity index (χ0v) is 9.22. The number of hydrogen-bond acceptors (Lipinski definition) is 3. The lowest BCUT2D eigenvalue weighted by molar-refractivity contribution is 1.39. The summed E-state index contributed by atoms with van der Waals surface area (Å²) in [6, 6.07) is 3.97. The second-order valence-corrected chi connectivity index (χ2v) is 4.43. The van der Waals surface area contributed by atoms with Gasteiger partial charge in [0.2, 0.25) is 0 Å². The molecule has 0 unspecified atom stereocenters. The molecule has 2 N–H and O–H groups in total. The van der Waals surface area contributed by atoms with Crippen LogP contribution in [0.3, 0.4) is 0 Å². The number of halogens is 1. The van der Waals surface area contributed by atoms with Gasteiger partial charge in [-0.25, -0.2) is 0 Å². The summed E-state index contributed by atoms with van der Waals surface area (Å²) in [7, 11) is 0. The molecule has 0 aliphatic carbocycles. The van der Waals surface area contributed by atoms with E-state index in [9.17, 15) is 0 Å². The normalized spacial score (nSPS) is 10.9. The number of hydrogen-bond donors (Lipinski definition) is 2. The summed E-state index contributed by atoms with van der Waals surface area (Å²) >= 11 is 11.7. The van der Waals surface area contributed by atoms with Crippen molar-refractivity contribution in [3.8, 4) is 0 Å². The lowest BCUT2D eigenvalue weighted by atomic mass is 10.1. The molecule has 0 aliphatic rings. The maximum Gasteiger partial charge on any atom is 0.0631 e. The van der Waals surface area contributed by atoms with Crippen LogP contribution < -0.4 is 5.73 Å². The first-order valence-electron chi connectivity index (χ1n) is 3.77. The quantitative estimate of drug-likeness (QED) is 0.437. The lowest BCUT2D eigenvalue weighted by Crippen LogP contribution is -1.89. The van der Waals surface area contributed by atoms with Crippen LogP contribution in [0.25, 0.3) is 10.1 Å². The molecule has 0 saturated carbocycles. The molecule has 13 heavy (non-hydrogen) atoms. The van der Waals surface area contributed by atoms with Crippen LogP contribution in [0.1, 0.15) is 5.56 Å². The van der Waals surface area contributed by atoms with E-state index in [0.717, 1.165) is 26.2 Å². The van der Waals surface area contributed by atoms with Gasteiger partial charge in [0, 0.05) is 10.8 Å². The number of thiol groups is 1. The number of nitrogens with two attached hydrogens (primary N) is 1. The summed E-state index contributed by atoms with van der Waals surface area (Å²) in [5.41, 5.74) is 7.72. The number of benzene rings is 1. The minimum absolute atomic E-state index is 0.501. The predicted octanol–water partition coefficient (Wildman–Crippen LogP) is 3.51. The minimum Gasteiger partial charge on any atom is -0.397 e. The van der Waals surface area contributed by atoms with E-state index in [1.807, 2.05) is 17.5 Å². The van der Waals surface area contributed by atoms with E-state index in [0.29, 0.717) is 5.88 Å². The summed E-state index contributed by atoms with van der Waals surface area (Å²) in [5.74, 6) is 0.501. The Kier molecular flexibility index (Phi) is 2.41. The molecule has 0 amide bonds. The average Bonchev–Trinajstić information content (AvgIpc) is 2.60. The molecule has 0 fully saturated rings. The average molecular weight is 230 g/mol. The zero-order chi connectivity index (χ0) is 9.42. The van der Waals surface area contributed by atoms with Crippen molar-refractivity contribution < 1.29 is 0 Å². The number of thiophene rings is 1. The number of anilines is 1. The fourth-order valence-corrected chi connectivity index (χ4v) is 2.79. The van der Waals surface area contributed by atoms with Gasteiger partial charge in [0.15, 0.2) is 0 Å². The van der Waals surface area contributed by atoms with Gasteiger partial charge < -0.3 is 5.73 Å². The van der Waals surface area contributed by atoms with Crippen LogP contribution in [0, 0.1) is 0 Å². The van der Waals surface area contributed by atoms with Crippen molar-refractivity contribution in [3.05, 3.63) is 23.1 Å². The van der Waals surface area contributed by atoms with E-state index in [4.69, 9.17) is 17.3 Å². The molecular formula is C9H8ClNS2. The van der Waals surface area contributed by atoms with Crippen LogP contribution in [-0.4, -0.2) is 0 Å². The summed E-state index contributed by atoms with van der Waals surface area (Å²) in [6.07, 6.45) is 0. The monoisotopic (exact) mass is 229 g/mol. The zero-order valence-electron chi connectivity index (χ0n) is 6.75. The highest BCUT2D eigenvalue weighted by molar-refractivity contribution is 7.80. The highest BCUT2D eigenvalue weighted by Crippen LogP contribution is 2.34. The lowest BCUT2D eigenvalue weighted by Gasteiger charge is -2.04. The van der Waals surface area contributed by atoms with Crippen molar-refractivity contribution in [1.29, 1.82) is 0 Å². The fourth-order valence-electron chi connectivity index (χ4n) is 1.32. The molecule has 0 saturated heterocycles. The first-order chi connectivity index (χ1) is 6.24. The maximum atomic E-state index is 5.88. The fraction of sp³-hybridized carbons (Fsp3) is 0.111. The molecule has 4 heteroatoms. The topological polar surface area (TPSA) is 26.0 Å². The minimum atomic E-state index is 0.501. The van der Waals surface area contributed by atoms with Crippen LogP contribution in [0.5, 0.6) is 0 Å². The Morgan fingerprint density at radius 1 is 1.54 bits per heavy atom. The van der Waals surface area contributed by atoms with Crippen LogP contribution in [0.2, 0.25) is 0 Å². The summed E-state index contributed by atoms with van der Waals surface area (Å²) in [5, 5.41) is 3.17. The number of alkyl halides is 1. The van der Waals surface area contributed by atoms with E-state index in [-0.39, 0.29) is 0 Å². The highest BCUT2D eigenvalue weighted by Gasteiger charge is 2.07. The van der Waals surface area contributed by atoms with Crippen molar-refractivity contribution in [2.24, 2.45) is 0 Å². The first kappa shape index (κ1) is 9.19. The van der Waals surface area contributed by atoms with Crippen molar-refractivity contribution in [2.45, 2.75) is 10.8 Å². The molecule has 1 heterocycles. The van der Waals surface area contributed by atoms with Gasteiger partial charge in [-0.05, 0) is 28.5 Å². The molecule has 0 atom stereocenters. The van der Waals surface area contributed by atoms with E-state index < -0.39 is 0 Å². The Morgan fingerprint density at radius 2 is 2.31 bits per heavy atom. The Hall–Kier alpha value is -0.380. The van der Waals surface area contributed by atoms with Crippen LogP contribution >= 0.6 is 35.6 Å². The van der Waals surface area contributed by atoms with Gasteiger partial charge in [-0.3, -0.25) is 0 Å². The second kappa shape index (κ2) is 3.40. The van der Waals surface area contributed by atoms with Crippen LogP contribution in [-0.2, 0) is 5.88 Å². The molecule has 68 valence electrons. The Balaban J connectivity index is 2.87. The molecule has 2 aromatic rings. The molecular weight excluding hydrogens is 222 g/mol. The third kappa shape index (κ3) is 1.41. The Morgan fingerprint density at radius 3 is 3.00 bits per heavy atom. The molecule has 1 aromatic heterocycles. The third-order valence-electron chi connectivity index (χ3n) is 1.99. The Bertz CT molecular complexity index is 450. The predicted molar refractivity (Wildman–Crippen MR) is 63.0 cm³/mol. The third-order valence-corrected chi connectivity index (χ3v) is 3.59. The summed E-state index contributed by atoms with van der Waals surface area (Å²) < 4.78 is 1.09. The Labute approximate surface area is 90.9 Å². The van der Waals surface area contributed by atoms with Crippen LogP contribution in [0.15, 0.2) is 22.4 Å². The highest BCUT2D eigenvalue weighted by atomic mass is 35.5. The largest absolute Gasteiger partial charge is 0.397 e. The van der Waals surface area contributed by atoms with Crippen molar-refractivity contribution in [2.75, 3.05) is 5.73 Å².